The highest BCUT2D eigenvalue weighted by molar-refractivity contribution is 9.11. The number of aryl methyl sites for hydroxylation is 1. The van der Waals surface area contributed by atoms with Crippen molar-refractivity contribution in [1.82, 2.24) is 5.32 Å². The third-order valence-corrected chi connectivity index (χ3v) is 2.49. The number of carbonyl (C=O) groups excluding carboxylic acids is 1. The number of nitrogens with one attached hydrogen (secondary N) is 1. The molecule has 0 spiro atoms. The summed E-state index contributed by atoms with van der Waals surface area (Å²) in [6.45, 7) is 5.86. The van der Waals surface area contributed by atoms with E-state index in [1.54, 1.807) is 18.2 Å². The first-order chi connectivity index (χ1) is 7.99. The molecule has 0 unspecified atom stereocenters. The smallest absolute Gasteiger partial charge is 0.258 e. The van der Waals surface area contributed by atoms with Crippen LogP contribution in [0.25, 0.3) is 0 Å². The minimum absolute atomic E-state index is 0.0250. The van der Waals surface area contributed by atoms with Crippen molar-refractivity contribution in [3.63, 3.8) is 0 Å². The Kier molecular flexibility index (Phi) is 5.51. The van der Waals surface area contributed by atoms with Gasteiger partial charge >= 0.3 is 0 Å². The summed E-state index contributed by atoms with van der Waals surface area (Å²) in [6, 6.07) is 5.26. The number of rotatable bonds is 5. The van der Waals surface area contributed by atoms with Crippen molar-refractivity contribution in [2.45, 2.75) is 6.92 Å². The molecular formula is C12H13BrClNO2. The van der Waals surface area contributed by atoms with Crippen LogP contribution in [-0.2, 0) is 4.79 Å². The van der Waals surface area contributed by atoms with E-state index < -0.39 is 0 Å². The van der Waals surface area contributed by atoms with Gasteiger partial charge in [0.05, 0.1) is 0 Å². The number of benzene rings is 1. The van der Waals surface area contributed by atoms with Gasteiger partial charge in [-0.2, -0.15) is 0 Å². The topological polar surface area (TPSA) is 38.3 Å². The van der Waals surface area contributed by atoms with Crippen LogP contribution in [0.2, 0.25) is 5.02 Å². The van der Waals surface area contributed by atoms with Crippen LogP contribution in [0.3, 0.4) is 0 Å². The van der Waals surface area contributed by atoms with Gasteiger partial charge < -0.3 is 10.1 Å². The first kappa shape index (κ1) is 14.1. The fourth-order valence-corrected chi connectivity index (χ4v) is 1.53. The Balaban J connectivity index is 2.44. The molecule has 0 saturated heterocycles. The Hall–Kier alpha value is -1.00. The highest BCUT2D eigenvalue weighted by Crippen LogP contribution is 2.21. The fourth-order valence-electron chi connectivity index (χ4n) is 1.16. The molecule has 1 amide bonds. The Labute approximate surface area is 114 Å². The van der Waals surface area contributed by atoms with Gasteiger partial charge in [-0.05, 0) is 30.7 Å². The van der Waals surface area contributed by atoms with Gasteiger partial charge in [-0.25, -0.2) is 0 Å². The van der Waals surface area contributed by atoms with Gasteiger partial charge in [0, 0.05) is 16.0 Å². The van der Waals surface area contributed by atoms with Gasteiger partial charge in [-0.1, -0.05) is 34.1 Å². The Morgan fingerprint density at radius 1 is 1.59 bits per heavy atom. The van der Waals surface area contributed by atoms with E-state index in [2.05, 4.69) is 27.8 Å². The van der Waals surface area contributed by atoms with Crippen molar-refractivity contribution in [2.75, 3.05) is 13.2 Å². The van der Waals surface area contributed by atoms with Crippen LogP contribution in [0.15, 0.2) is 29.3 Å². The molecule has 0 aliphatic rings. The molecule has 0 aliphatic heterocycles. The van der Waals surface area contributed by atoms with E-state index in [1.807, 2.05) is 6.92 Å². The van der Waals surface area contributed by atoms with E-state index in [1.165, 1.54) is 0 Å². The molecule has 3 nitrogen and oxygen atoms in total. The zero-order valence-corrected chi connectivity index (χ0v) is 11.8. The summed E-state index contributed by atoms with van der Waals surface area (Å²) >= 11 is 8.97. The highest BCUT2D eigenvalue weighted by atomic mass is 79.9. The lowest BCUT2D eigenvalue weighted by atomic mass is 10.2. The maximum atomic E-state index is 11.4. The van der Waals surface area contributed by atoms with E-state index >= 15 is 0 Å². The normalized spacial score (nSPS) is 9.82. The molecular weight excluding hydrogens is 305 g/mol. The van der Waals surface area contributed by atoms with E-state index in [0.29, 0.717) is 21.8 Å². The predicted octanol–water partition coefficient (Wildman–Crippen LogP) is 3.05. The molecule has 0 aromatic heterocycles. The molecule has 1 aromatic rings. The lowest BCUT2D eigenvalue weighted by Crippen LogP contribution is -2.29. The molecule has 1 rings (SSSR count). The largest absolute Gasteiger partial charge is 0.484 e. The van der Waals surface area contributed by atoms with Crippen LogP contribution in [0.5, 0.6) is 5.75 Å². The van der Waals surface area contributed by atoms with Crippen LogP contribution in [-0.4, -0.2) is 19.1 Å². The van der Waals surface area contributed by atoms with Gasteiger partial charge in [0.25, 0.3) is 5.91 Å². The molecule has 92 valence electrons. The van der Waals surface area contributed by atoms with Crippen LogP contribution in [0, 0.1) is 6.92 Å². The van der Waals surface area contributed by atoms with Crippen molar-refractivity contribution in [1.29, 1.82) is 0 Å². The summed E-state index contributed by atoms with van der Waals surface area (Å²) in [6.07, 6.45) is 0. The minimum atomic E-state index is -0.194. The van der Waals surface area contributed by atoms with Crippen LogP contribution < -0.4 is 10.1 Å². The van der Waals surface area contributed by atoms with E-state index in [9.17, 15) is 4.79 Å². The predicted molar refractivity (Wildman–Crippen MR) is 72.8 cm³/mol. The third kappa shape index (κ3) is 5.24. The third-order valence-electron chi connectivity index (χ3n) is 1.97. The van der Waals surface area contributed by atoms with E-state index in [-0.39, 0.29) is 12.5 Å². The standard InChI is InChI=1S/C12H13BrClNO2/c1-8-5-10(14)3-4-11(8)17-7-12(16)15-6-9(2)13/h3-5H,2,6-7H2,1H3,(H,15,16). The Morgan fingerprint density at radius 2 is 2.29 bits per heavy atom. The Bertz CT molecular complexity index is 435. The molecule has 0 radical (unpaired) electrons. The molecule has 1 aromatic carbocycles. The second-order valence-electron chi connectivity index (χ2n) is 3.49. The summed E-state index contributed by atoms with van der Waals surface area (Å²) in [5.74, 6) is 0.460. The molecule has 0 heterocycles. The average Bonchev–Trinajstić information content (AvgIpc) is 2.25. The van der Waals surface area contributed by atoms with Crippen molar-refractivity contribution >= 4 is 33.4 Å². The molecule has 0 fully saturated rings. The molecule has 0 atom stereocenters. The summed E-state index contributed by atoms with van der Waals surface area (Å²) in [5.41, 5.74) is 0.898. The number of halogens is 2. The molecule has 17 heavy (non-hydrogen) atoms. The van der Waals surface area contributed by atoms with Crippen molar-refractivity contribution in [2.24, 2.45) is 0 Å². The molecule has 0 bridgehead atoms. The summed E-state index contributed by atoms with van der Waals surface area (Å²) < 4.78 is 6.09. The zero-order chi connectivity index (χ0) is 12.8. The van der Waals surface area contributed by atoms with Crippen molar-refractivity contribution < 1.29 is 9.53 Å². The first-order valence-corrected chi connectivity index (χ1v) is 6.15. The van der Waals surface area contributed by atoms with Gasteiger partial charge in [0.1, 0.15) is 5.75 Å². The second kappa shape index (κ2) is 6.67. The lowest BCUT2D eigenvalue weighted by Gasteiger charge is -2.09. The maximum absolute atomic E-state index is 11.4. The number of carbonyl (C=O) groups is 1. The maximum Gasteiger partial charge on any atom is 0.258 e. The van der Waals surface area contributed by atoms with E-state index in [0.717, 1.165) is 5.56 Å². The van der Waals surface area contributed by atoms with Crippen LogP contribution in [0.1, 0.15) is 5.56 Å². The number of hydrogen-bond acceptors (Lipinski definition) is 2. The van der Waals surface area contributed by atoms with Gasteiger partial charge in [0.2, 0.25) is 0 Å². The lowest BCUT2D eigenvalue weighted by molar-refractivity contribution is -0.122. The Morgan fingerprint density at radius 3 is 2.88 bits per heavy atom. The molecule has 1 N–H and O–H groups in total. The quantitative estimate of drug-likeness (QED) is 0.906. The molecule has 5 heteroatoms. The summed E-state index contributed by atoms with van der Waals surface area (Å²) in [7, 11) is 0. The highest BCUT2D eigenvalue weighted by Gasteiger charge is 2.04. The van der Waals surface area contributed by atoms with Crippen LogP contribution in [0.4, 0.5) is 0 Å². The average molecular weight is 319 g/mol. The summed E-state index contributed by atoms with van der Waals surface area (Å²) in [5, 5.41) is 3.29. The monoisotopic (exact) mass is 317 g/mol. The van der Waals surface area contributed by atoms with Gasteiger partial charge in [-0.3, -0.25) is 4.79 Å². The minimum Gasteiger partial charge on any atom is -0.484 e. The SMILES string of the molecule is C=C(Br)CNC(=O)COc1ccc(Cl)cc1C. The molecule has 0 saturated carbocycles. The van der Waals surface area contributed by atoms with Crippen LogP contribution >= 0.6 is 27.5 Å². The van der Waals surface area contributed by atoms with Crippen molar-refractivity contribution in [3.8, 4) is 5.75 Å². The first-order valence-electron chi connectivity index (χ1n) is 4.98. The van der Waals surface area contributed by atoms with Crippen molar-refractivity contribution in [3.05, 3.63) is 39.8 Å². The molecule has 0 aliphatic carbocycles. The zero-order valence-electron chi connectivity index (χ0n) is 9.43. The number of hydrogen-bond donors (Lipinski definition) is 1. The van der Waals surface area contributed by atoms with Gasteiger partial charge in [-0.15, -0.1) is 0 Å². The summed E-state index contributed by atoms with van der Waals surface area (Å²) in [4.78, 5) is 11.4. The van der Waals surface area contributed by atoms with E-state index in [4.69, 9.17) is 16.3 Å². The number of ether oxygens (including phenoxy) is 1. The second-order valence-corrected chi connectivity index (χ2v) is 5.05. The van der Waals surface area contributed by atoms with Gasteiger partial charge in [0.15, 0.2) is 6.61 Å². The fraction of sp³-hybridized carbons (Fsp3) is 0.250. The number of amides is 1.